The van der Waals surface area contributed by atoms with Crippen LogP contribution in [0.3, 0.4) is 0 Å². The average molecular weight is 381 g/mol. The molecule has 0 unspecified atom stereocenters. The van der Waals surface area contributed by atoms with Crippen molar-refractivity contribution in [2.45, 2.75) is 65.6 Å². The second-order valence-electron chi connectivity index (χ2n) is 9.40. The van der Waals surface area contributed by atoms with Crippen LogP contribution in [0.1, 0.15) is 53.9 Å². The van der Waals surface area contributed by atoms with Crippen LogP contribution in [-0.2, 0) is 14.3 Å². The van der Waals surface area contributed by atoms with Crippen LogP contribution >= 0.6 is 0 Å². The number of hydrogen-bond donors (Lipinski definition) is 2. The molecule has 154 valence electrons. The first-order valence-corrected chi connectivity index (χ1v) is 10.0. The molecule has 3 aliphatic rings. The highest BCUT2D eigenvalue weighted by molar-refractivity contribution is 5.81. The van der Waals surface area contributed by atoms with Crippen molar-refractivity contribution >= 4 is 12.4 Å². The molecule has 0 saturated carbocycles. The minimum atomic E-state index is -0.317. The van der Waals surface area contributed by atoms with Gasteiger partial charge in [0.05, 0.1) is 11.7 Å². The van der Waals surface area contributed by atoms with Crippen molar-refractivity contribution < 1.29 is 19.4 Å². The molecule has 0 aromatic rings. The number of allylic oxidation sites excluding steroid dienone is 1. The molecule has 3 aliphatic heterocycles. The first-order valence-electron chi connectivity index (χ1n) is 10.0. The largest absolute Gasteiger partial charge is 0.483 e. The SMILES string of the molecule is CC(C)=CCCN1C[C@@H]2[C@H](CNC(=O)C(C)(C)C)[C@H]3CC[C@]2(C1)O3.O=CO. The summed E-state index contributed by atoms with van der Waals surface area (Å²) in [6.07, 6.45) is 6.17. The third-order valence-corrected chi connectivity index (χ3v) is 6.03. The number of fused-ring (bicyclic) bond motifs is 1. The summed E-state index contributed by atoms with van der Waals surface area (Å²) in [7, 11) is 0. The number of carbonyl (C=O) groups excluding carboxylic acids is 1. The van der Waals surface area contributed by atoms with E-state index in [0.29, 0.717) is 17.9 Å². The van der Waals surface area contributed by atoms with Crippen LogP contribution in [0.25, 0.3) is 0 Å². The lowest BCUT2D eigenvalue weighted by Gasteiger charge is -2.30. The molecule has 27 heavy (non-hydrogen) atoms. The Hall–Kier alpha value is -1.40. The van der Waals surface area contributed by atoms with Crippen LogP contribution in [-0.4, -0.2) is 60.3 Å². The van der Waals surface area contributed by atoms with Crippen molar-refractivity contribution in [3.63, 3.8) is 0 Å². The number of hydrogen-bond acceptors (Lipinski definition) is 4. The predicted octanol–water partition coefficient (Wildman–Crippen LogP) is 2.69. The van der Waals surface area contributed by atoms with Crippen LogP contribution < -0.4 is 5.32 Å². The van der Waals surface area contributed by atoms with Crippen LogP contribution in [0.15, 0.2) is 11.6 Å². The van der Waals surface area contributed by atoms with Gasteiger partial charge in [0.25, 0.3) is 6.47 Å². The van der Waals surface area contributed by atoms with E-state index in [-0.39, 0.29) is 23.4 Å². The molecule has 3 saturated heterocycles. The number of likely N-dealkylation sites (tertiary alicyclic amines) is 1. The number of nitrogens with zero attached hydrogens (tertiary/aromatic N) is 1. The number of rotatable bonds is 5. The van der Waals surface area contributed by atoms with Gasteiger partial charge in [0.1, 0.15) is 0 Å². The Labute approximate surface area is 163 Å². The highest BCUT2D eigenvalue weighted by Gasteiger charge is 2.62. The van der Waals surface area contributed by atoms with E-state index in [1.807, 2.05) is 20.8 Å². The maximum atomic E-state index is 12.2. The third kappa shape index (κ3) is 5.11. The van der Waals surface area contributed by atoms with Crippen LogP contribution in [0.4, 0.5) is 0 Å². The minimum Gasteiger partial charge on any atom is -0.483 e. The van der Waals surface area contributed by atoms with E-state index >= 15 is 0 Å². The monoisotopic (exact) mass is 380 g/mol. The molecular formula is C21H36N2O4. The molecule has 6 nitrogen and oxygen atoms in total. The fourth-order valence-electron chi connectivity index (χ4n) is 4.74. The van der Waals surface area contributed by atoms with E-state index in [1.165, 1.54) is 12.0 Å². The summed E-state index contributed by atoms with van der Waals surface area (Å²) in [5, 5.41) is 10.1. The number of nitrogens with one attached hydrogen (secondary N) is 1. The van der Waals surface area contributed by atoms with E-state index < -0.39 is 0 Å². The fourth-order valence-corrected chi connectivity index (χ4v) is 4.74. The quantitative estimate of drug-likeness (QED) is 0.566. The Balaban J connectivity index is 0.000000817. The highest BCUT2D eigenvalue weighted by Crippen LogP contribution is 2.54. The van der Waals surface area contributed by atoms with Gasteiger partial charge in [-0.05, 0) is 33.1 Å². The molecule has 3 fully saturated rings. The van der Waals surface area contributed by atoms with Gasteiger partial charge in [-0.3, -0.25) is 14.5 Å². The van der Waals surface area contributed by atoms with Crippen molar-refractivity contribution in [2.24, 2.45) is 17.3 Å². The van der Waals surface area contributed by atoms with Crippen LogP contribution in [0.5, 0.6) is 0 Å². The topological polar surface area (TPSA) is 78.9 Å². The number of ether oxygens (including phenoxy) is 1. The molecule has 1 spiro atoms. The maximum Gasteiger partial charge on any atom is 0.290 e. The van der Waals surface area contributed by atoms with Gasteiger partial charge < -0.3 is 15.2 Å². The van der Waals surface area contributed by atoms with E-state index in [4.69, 9.17) is 14.6 Å². The molecule has 0 aromatic heterocycles. The van der Waals surface area contributed by atoms with Crippen LogP contribution in [0.2, 0.25) is 0 Å². The Kier molecular flexibility index (Phi) is 7.09. The molecule has 3 rings (SSSR count). The molecule has 2 bridgehead atoms. The molecule has 2 N–H and O–H groups in total. The lowest BCUT2D eigenvalue weighted by Crippen LogP contribution is -2.44. The zero-order valence-corrected chi connectivity index (χ0v) is 17.5. The first kappa shape index (κ1) is 21.9. The normalized spacial score (nSPS) is 31.7. The van der Waals surface area contributed by atoms with Gasteiger partial charge >= 0.3 is 0 Å². The molecule has 0 aliphatic carbocycles. The van der Waals surface area contributed by atoms with E-state index in [1.54, 1.807) is 0 Å². The molecule has 6 heteroatoms. The summed E-state index contributed by atoms with van der Waals surface area (Å²) < 4.78 is 6.46. The molecule has 0 radical (unpaired) electrons. The third-order valence-electron chi connectivity index (χ3n) is 6.03. The van der Waals surface area contributed by atoms with Crippen molar-refractivity contribution in [3.05, 3.63) is 11.6 Å². The molecule has 4 atom stereocenters. The zero-order valence-electron chi connectivity index (χ0n) is 17.5. The summed E-state index contributed by atoms with van der Waals surface area (Å²) in [5.74, 6) is 1.22. The first-order chi connectivity index (χ1) is 12.6. The van der Waals surface area contributed by atoms with Gasteiger partial charge in [-0.1, -0.05) is 32.4 Å². The Morgan fingerprint density at radius 3 is 2.63 bits per heavy atom. The fraction of sp³-hybridized carbons (Fsp3) is 0.810. The smallest absolute Gasteiger partial charge is 0.290 e. The Bertz CT molecular complexity index is 565. The lowest BCUT2D eigenvalue weighted by molar-refractivity contribution is -0.128. The zero-order chi connectivity index (χ0) is 20.2. The van der Waals surface area contributed by atoms with Crippen LogP contribution in [0, 0.1) is 17.3 Å². The van der Waals surface area contributed by atoms with Gasteiger partial charge in [-0.15, -0.1) is 0 Å². The number of amides is 1. The summed E-state index contributed by atoms with van der Waals surface area (Å²) >= 11 is 0. The van der Waals surface area contributed by atoms with E-state index in [0.717, 1.165) is 39.0 Å². The molecular weight excluding hydrogens is 344 g/mol. The predicted molar refractivity (Wildman–Crippen MR) is 105 cm³/mol. The molecule has 0 aromatic carbocycles. The summed E-state index contributed by atoms with van der Waals surface area (Å²) in [5.41, 5.74) is 1.15. The van der Waals surface area contributed by atoms with Crippen molar-refractivity contribution in [1.82, 2.24) is 10.2 Å². The van der Waals surface area contributed by atoms with Crippen molar-refractivity contribution in [2.75, 3.05) is 26.2 Å². The number of carboxylic acid groups (broad SMARTS) is 1. The van der Waals surface area contributed by atoms with Gasteiger partial charge in [0.2, 0.25) is 5.91 Å². The van der Waals surface area contributed by atoms with Gasteiger partial charge in [0, 0.05) is 43.4 Å². The van der Waals surface area contributed by atoms with E-state index in [2.05, 4.69) is 30.1 Å². The standard InChI is InChI=1S/C20H34N2O2.CH2O2/c1-14(2)7-6-10-22-12-16-15(11-21-18(23)19(3,4)5)17-8-9-20(16,13-22)24-17;2-1-3/h7,15-17H,6,8-13H2,1-5H3,(H,21,23);1H,(H,2,3)/t15-,16+,17+,20+;/m0./s1. The average Bonchev–Trinajstić information content (AvgIpc) is 3.20. The van der Waals surface area contributed by atoms with Gasteiger partial charge in [0.15, 0.2) is 0 Å². The summed E-state index contributed by atoms with van der Waals surface area (Å²) in [6.45, 7) is 14.1. The molecule has 1 amide bonds. The highest BCUT2D eigenvalue weighted by atomic mass is 16.5. The maximum absolute atomic E-state index is 12.2. The number of carbonyl (C=O) groups is 2. The second-order valence-corrected chi connectivity index (χ2v) is 9.40. The van der Waals surface area contributed by atoms with Crippen molar-refractivity contribution in [3.8, 4) is 0 Å². The molecule has 3 heterocycles. The van der Waals surface area contributed by atoms with E-state index in [9.17, 15) is 4.79 Å². The minimum absolute atomic E-state index is 0.0762. The Morgan fingerprint density at radius 1 is 1.37 bits per heavy atom. The van der Waals surface area contributed by atoms with Crippen molar-refractivity contribution in [1.29, 1.82) is 0 Å². The van der Waals surface area contributed by atoms with Gasteiger partial charge in [-0.25, -0.2) is 0 Å². The summed E-state index contributed by atoms with van der Waals surface area (Å²) in [4.78, 5) is 23.2. The van der Waals surface area contributed by atoms with Gasteiger partial charge in [-0.2, -0.15) is 0 Å². The second kappa shape index (κ2) is 8.74. The lowest BCUT2D eigenvalue weighted by atomic mass is 9.73. The Morgan fingerprint density at radius 2 is 2.04 bits per heavy atom. The summed E-state index contributed by atoms with van der Waals surface area (Å²) in [6, 6.07) is 0.